The van der Waals surface area contributed by atoms with Crippen molar-refractivity contribution in [3.8, 4) is 0 Å². The Bertz CT molecular complexity index is 1030. The van der Waals surface area contributed by atoms with Gasteiger partial charge in [0.05, 0.1) is 21.6 Å². The number of amides is 1. The summed E-state index contributed by atoms with van der Waals surface area (Å²) in [6, 6.07) is 15.0. The molecule has 1 heterocycles. The van der Waals surface area contributed by atoms with Crippen LogP contribution in [0.5, 0.6) is 0 Å². The molecule has 0 aliphatic carbocycles. The molecule has 0 unspecified atom stereocenters. The zero-order valence-electron chi connectivity index (χ0n) is 14.3. The lowest BCUT2D eigenvalue weighted by atomic mass is 10.2. The maximum Gasteiger partial charge on any atom is 0.283 e. The summed E-state index contributed by atoms with van der Waals surface area (Å²) < 4.78 is 0. The number of nitro groups is 1. The van der Waals surface area contributed by atoms with Gasteiger partial charge in [0.15, 0.2) is 0 Å². The Morgan fingerprint density at radius 3 is 2.68 bits per heavy atom. The van der Waals surface area contributed by atoms with E-state index < -0.39 is 10.8 Å². The number of nitrogens with zero attached hydrogens (tertiary/aromatic N) is 3. The summed E-state index contributed by atoms with van der Waals surface area (Å²) in [6.45, 7) is 0. The summed E-state index contributed by atoms with van der Waals surface area (Å²) in [7, 11) is 0. The van der Waals surface area contributed by atoms with E-state index in [1.165, 1.54) is 30.2 Å². The summed E-state index contributed by atoms with van der Waals surface area (Å²) >= 11 is 7.13. The lowest BCUT2D eigenvalue weighted by Gasteiger charge is -2.04. The highest BCUT2D eigenvalue weighted by Gasteiger charge is 2.15. The highest BCUT2D eigenvalue weighted by Crippen LogP contribution is 2.35. The molecule has 0 fully saturated rings. The van der Waals surface area contributed by atoms with Crippen LogP contribution >= 0.6 is 23.4 Å². The van der Waals surface area contributed by atoms with E-state index in [2.05, 4.69) is 15.5 Å². The Hall–Kier alpha value is -3.23. The van der Waals surface area contributed by atoms with Crippen LogP contribution in [0.25, 0.3) is 0 Å². The molecule has 3 rings (SSSR count). The number of carbonyl (C=O) groups is 1. The van der Waals surface area contributed by atoms with Gasteiger partial charge < -0.3 is 0 Å². The Balaban J connectivity index is 1.74. The molecule has 1 N–H and O–H groups in total. The number of hydrogen-bond acceptors (Lipinski definition) is 6. The van der Waals surface area contributed by atoms with E-state index in [0.29, 0.717) is 21.0 Å². The summed E-state index contributed by atoms with van der Waals surface area (Å²) in [5, 5.41) is 15.9. The number of halogens is 1. The Kier molecular flexibility index (Phi) is 6.36. The van der Waals surface area contributed by atoms with Crippen molar-refractivity contribution in [3.05, 3.63) is 93.3 Å². The van der Waals surface area contributed by atoms with Crippen LogP contribution in [0.15, 0.2) is 81.9 Å². The molecule has 0 spiro atoms. The van der Waals surface area contributed by atoms with Gasteiger partial charge in [-0.2, -0.15) is 5.10 Å². The fraction of sp³-hybridized carbons (Fsp3) is 0. The third kappa shape index (κ3) is 5.15. The molecule has 0 saturated heterocycles. The van der Waals surface area contributed by atoms with Crippen LogP contribution < -0.4 is 5.43 Å². The smallest absolute Gasteiger partial charge is 0.267 e. The summed E-state index contributed by atoms with van der Waals surface area (Å²) in [4.78, 5) is 28.1. The van der Waals surface area contributed by atoms with Crippen LogP contribution in [0.2, 0.25) is 5.02 Å². The Morgan fingerprint density at radius 1 is 1.21 bits per heavy atom. The van der Waals surface area contributed by atoms with Crippen molar-refractivity contribution in [2.75, 3.05) is 0 Å². The highest BCUT2D eigenvalue weighted by atomic mass is 35.5. The molecule has 0 saturated carbocycles. The van der Waals surface area contributed by atoms with Gasteiger partial charge in [0.2, 0.25) is 0 Å². The van der Waals surface area contributed by atoms with E-state index in [1.807, 2.05) is 0 Å². The van der Waals surface area contributed by atoms with E-state index in [1.54, 1.807) is 54.7 Å². The number of rotatable bonds is 6. The number of hydrazone groups is 1. The maximum absolute atomic E-state index is 11.9. The molecule has 9 heteroatoms. The molecule has 2 aromatic carbocycles. The van der Waals surface area contributed by atoms with Gasteiger partial charge in [0, 0.05) is 33.9 Å². The van der Waals surface area contributed by atoms with Crippen molar-refractivity contribution in [1.29, 1.82) is 0 Å². The van der Waals surface area contributed by atoms with E-state index in [4.69, 9.17) is 11.6 Å². The van der Waals surface area contributed by atoms with Gasteiger partial charge in [-0.25, -0.2) is 5.43 Å². The van der Waals surface area contributed by atoms with Crippen molar-refractivity contribution in [2.24, 2.45) is 5.10 Å². The van der Waals surface area contributed by atoms with E-state index in [9.17, 15) is 14.9 Å². The summed E-state index contributed by atoms with van der Waals surface area (Å²) in [5.74, 6) is -0.422. The first-order chi connectivity index (χ1) is 13.5. The minimum atomic E-state index is -0.455. The molecular formula is C19H13ClN4O3S. The van der Waals surface area contributed by atoms with E-state index in [0.717, 1.165) is 4.90 Å². The van der Waals surface area contributed by atoms with Crippen molar-refractivity contribution in [1.82, 2.24) is 10.4 Å². The molecular weight excluding hydrogens is 400 g/mol. The SMILES string of the molecule is O=C(NN=Cc1ccc(Sc2ccc(Cl)cc2)c([N+](=O)[O-])c1)c1cccnc1. The standard InChI is InChI=1S/C19H13ClN4O3S/c20-15-4-6-16(7-5-15)28-18-8-3-13(10-17(18)24(26)27)11-22-23-19(25)14-2-1-9-21-12-14/h1-12H,(H,23,25). The molecule has 0 aliphatic rings. The van der Waals surface area contributed by atoms with Gasteiger partial charge in [-0.05, 0) is 42.5 Å². The number of nitro benzene ring substituents is 1. The molecule has 1 amide bonds. The second-order valence-electron chi connectivity index (χ2n) is 5.48. The van der Waals surface area contributed by atoms with Crippen molar-refractivity contribution in [2.45, 2.75) is 9.79 Å². The number of carbonyl (C=O) groups excluding carboxylic acids is 1. The van der Waals surface area contributed by atoms with Crippen molar-refractivity contribution >= 4 is 41.2 Å². The average Bonchev–Trinajstić information content (AvgIpc) is 2.71. The maximum atomic E-state index is 11.9. The fourth-order valence-electron chi connectivity index (χ4n) is 2.20. The monoisotopic (exact) mass is 412 g/mol. The van der Waals surface area contributed by atoms with Crippen LogP contribution in [-0.2, 0) is 0 Å². The second kappa shape index (κ2) is 9.12. The number of pyridine rings is 1. The van der Waals surface area contributed by atoms with Gasteiger partial charge >= 0.3 is 0 Å². The van der Waals surface area contributed by atoms with Gasteiger partial charge in [-0.1, -0.05) is 29.4 Å². The summed E-state index contributed by atoms with van der Waals surface area (Å²) in [6.07, 6.45) is 4.32. The van der Waals surface area contributed by atoms with Gasteiger partial charge in [-0.15, -0.1) is 0 Å². The molecule has 0 radical (unpaired) electrons. The molecule has 0 atom stereocenters. The normalized spacial score (nSPS) is 10.8. The number of hydrogen-bond donors (Lipinski definition) is 1. The number of benzene rings is 2. The third-order valence-electron chi connectivity index (χ3n) is 3.52. The lowest BCUT2D eigenvalue weighted by molar-refractivity contribution is -0.387. The third-order valence-corrected chi connectivity index (χ3v) is 4.85. The molecule has 0 aliphatic heterocycles. The van der Waals surface area contributed by atoms with Crippen LogP contribution in [-0.4, -0.2) is 22.0 Å². The van der Waals surface area contributed by atoms with Crippen LogP contribution in [0.1, 0.15) is 15.9 Å². The zero-order valence-corrected chi connectivity index (χ0v) is 15.9. The van der Waals surface area contributed by atoms with Gasteiger partial charge in [0.1, 0.15) is 0 Å². The highest BCUT2D eigenvalue weighted by molar-refractivity contribution is 7.99. The molecule has 7 nitrogen and oxygen atoms in total. The Morgan fingerprint density at radius 2 is 2.00 bits per heavy atom. The predicted molar refractivity (Wildman–Crippen MR) is 108 cm³/mol. The lowest BCUT2D eigenvalue weighted by Crippen LogP contribution is -2.17. The average molecular weight is 413 g/mol. The quantitative estimate of drug-likeness (QED) is 0.363. The Labute approximate surface area is 169 Å². The first kappa shape index (κ1) is 19.5. The van der Waals surface area contributed by atoms with Crippen LogP contribution in [0.4, 0.5) is 5.69 Å². The minimum absolute atomic E-state index is 0.0533. The molecule has 28 heavy (non-hydrogen) atoms. The fourth-order valence-corrected chi connectivity index (χ4v) is 3.23. The first-order valence-corrected chi connectivity index (χ1v) is 9.17. The number of aromatic nitrogens is 1. The molecule has 1 aromatic heterocycles. The minimum Gasteiger partial charge on any atom is -0.267 e. The zero-order chi connectivity index (χ0) is 19.9. The summed E-state index contributed by atoms with van der Waals surface area (Å²) in [5.41, 5.74) is 3.15. The second-order valence-corrected chi connectivity index (χ2v) is 7.03. The first-order valence-electron chi connectivity index (χ1n) is 7.98. The van der Waals surface area contributed by atoms with E-state index in [-0.39, 0.29) is 5.69 Å². The largest absolute Gasteiger partial charge is 0.283 e. The van der Waals surface area contributed by atoms with Gasteiger partial charge in [-0.3, -0.25) is 19.9 Å². The topological polar surface area (TPSA) is 97.5 Å². The molecule has 3 aromatic rings. The predicted octanol–water partition coefficient (Wildman–Crippen LogP) is 4.56. The van der Waals surface area contributed by atoms with E-state index >= 15 is 0 Å². The van der Waals surface area contributed by atoms with Crippen LogP contribution in [0.3, 0.4) is 0 Å². The van der Waals surface area contributed by atoms with Crippen molar-refractivity contribution in [3.63, 3.8) is 0 Å². The van der Waals surface area contributed by atoms with Crippen molar-refractivity contribution < 1.29 is 9.72 Å². The van der Waals surface area contributed by atoms with Gasteiger partial charge in [0.25, 0.3) is 11.6 Å². The van der Waals surface area contributed by atoms with Crippen LogP contribution in [0, 0.1) is 10.1 Å². The molecule has 0 bridgehead atoms. The molecule has 140 valence electrons. The number of nitrogens with one attached hydrogen (secondary N) is 1.